The van der Waals surface area contributed by atoms with Gasteiger partial charge in [0.2, 0.25) is 6.79 Å². The summed E-state index contributed by atoms with van der Waals surface area (Å²) < 4.78 is 11.1. The number of ether oxygens (including phenoxy) is 2. The molecule has 0 radical (unpaired) electrons. The van der Waals surface area contributed by atoms with Crippen LogP contribution in [-0.2, 0) is 9.59 Å². The topological polar surface area (TPSA) is 129 Å². The Labute approximate surface area is 223 Å². The molecular formula is C25H21Br2N3O6. The van der Waals surface area contributed by atoms with Crippen molar-refractivity contribution in [2.24, 2.45) is 11.0 Å². The summed E-state index contributed by atoms with van der Waals surface area (Å²) >= 11 is 6.26. The maximum absolute atomic E-state index is 13.0. The fourth-order valence-corrected chi connectivity index (χ4v) is 4.60. The standard InChI is InChI=1S/C25H21Br2N3O6/c1-13-3-2-4-15(7-13)24(33)29-18(8-14-5-6-19-20(9-14)36-12-35-19)25(34)30-28-11-16-10-17(26)23(32)21(27)22(16)31/h2,4-11,13,31-32H,3,12H2,1H3,(H,29,33)(H,30,34)/b18-8+,28-11+. The number of hydrogen-bond donors (Lipinski definition) is 4. The van der Waals surface area contributed by atoms with E-state index in [1.807, 2.05) is 19.1 Å². The van der Waals surface area contributed by atoms with E-state index in [4.69, 9.17) is 9.47 Å². The molecule has 4 N–H and O–H groups in total. The molecule has 1 unspecified atom stereocenters. The van der Waals surface area contributed by atoms with Crippen LogP contribution in [0.25, 0.3) is 6.08 Å². The zero-order valence-electron chi connectivity index (χ0n) is 18.9. The van der Waals surface area contributed by atoms with Gasteiger partial charge in [-0.15, -0.1) is 0 Å². The number of amides is 2. The Morgan fingerprint density at radius 1 is 1.14 bits per heavy atom. The van der Waals surface area contributed by atoms with Gasteiger partial charge < -0.3 is 25.0 Å². The number of nitrogens with zero attached hydrogens (tertiary/aromatic N) is 1. The van der Waals surface area contributed by atoms with E-state index >= 15 is 0 Å². The average Bonchev–Trinajstić information content (AvgIpc) is 3.33. The first-order valence-electron chi connectivity index (χ1n) is 10.8. The summed E-state index contributed by atoms with van der Waals surface area (Å²) in [6.07, 6.45) is 9.00. The molecule has 0 aromatic heterocycles. The Morgan fingerprint density at radius 2 is 1.92 bits per heavy atom. The second-order valence-corrected chi connectivity index (χ2v) is 9.67. The molecule has 1 atom stereocenters. The molecule has 11 heteroatoms. The maximum atomic E-state index is 13.0. The Balaban J connectivity index is 1.58. The number of carbonyl (C=O) groups excluding carboxylic acids is 2. The number of hydrazone groups is 1. The lowest BCUT2D eigenvalue weighted by Gasteiger charge is -2.14. The molecule has 1 aliphatic heterocycles. The van der Waals surface area contributed by atoms with Crippen LogP contribution in [0, 0.1) is 5.92 Å². The van der Waals surface area contributed by atoms with Gasteiger partial charge in [0.15, 0.2) is 11.5 Å². The van der Waals surface area contributed by atoms with Crippen LogP contribution in [0.2, 0.25) is 0 Å². The Bertz CT molecular complexity index is 1350. The number of phenols is 2. The number of hydrogen-bond acceptors (Lipinski definition) is 7. The molecule has 1 heterocycles. The normalized spacial score (nSPS) is 16.7. The second kappa shape index (κ2) is 11.0. The zero-order chi connectivity index (χ0) is 25.8. The van der Waals surface area contributed by atoms with Crippen LogP contribution in [0.15, 0.2) is 67.8 Å². The molecule has 0 saturated carbocycles. The average molecular weight is 619 g/mol. The molecule has 0 saturated heterocycles. The summed E-state index contributed by atoms with van der Waals surface area (Å²) in [5.41, 5.74) is 3.57. The molecule has 2 aromatic carbocycles. The lowest BCUT2D eigenvalue weighted by Crippen LogP contribution is -2.33. The Kier molecular flexibility index (Phi) is 7.80. The number of nitrogens with one attached hydrogen (secondary N) is 2. The Hall–Kier alpha value is -3.57. The van der Waals surface area contributed by atoms with E-state index in [-0.39, 0.29) is 39.9 Å². The summed E-state index contributed by atoms with van der Waals surface area (Å²) in [6.45, 7) is 2.10. The van der Waals surface area contributed by atoms with Crippen molar-refractivity contribution in [2.45, 2.75) is 13.3 Å². The van der Waals surface area contributed by atoms with Gasteiger partial charge in [-0.2, -0.15) is 5.10 Å². The monoisotopic (exact) mass is 617 g/mol. The van der Waals surface area contributed by atoms with Gasteiger partial charge >= 0.3 is 0 Å². The molecular weight excluding hydrogens is 598 g/mol. The SMILES string of the molecule is CC1C=C(C(=O)N/C(=C/c2ccc3c(c2)OCO3)C(=O)N/N=C/c2cc(Br)c(O)c(Br)c2O)C=CC1. The van der Waals surface area contributed by atoms with Gasteiger partial charge in [0.25, 0.3) is 11.8 Å². The van der Waals surface area contributed by atoms with Crippen molar-refractivity contribution in [3.05, 3.63) is 73.8 Å². The number of phenolic OH excluding ortho intramolecular Hbond substituents is 2. The van der Waals surface area contributed by atoms with E-state index in [2.05, 4.69) is 47.7 Å². The number of carbonyl (C=O) groups is 2. The number of aromatic hydroxyl groups is 2. The van der Waals surface area contributed by atoms with Crippen LogP contribution in [0.3, 0.4) is 0 Å². The van der Waals surface area contributed by atoms with Crippen LogP contribution in [-0.4, -0.2) is 35.0 Å². The van der Waals surface area contributed by atoms with Crippen molar-refractivity contribution in [1.29, 1.82) is 0 Å². The van der Waals surface area contributed by atoms with E-state index < -0.39 is 11.8 Å². The summed E-state index contributed by atoms with van der Waals surface area (Å²) in [7, 11) is 0. The fourth-order valence-electron chi connectivity index (χ4n) is 3.45. The summed E-state index contributed by atoms with van der Waals surface area (Å²) in [5.74, 6) is -0.251. The molecule has 2 amide bonds. The third-order valence-corrected chi connectivity index (χ3v) is 6.66. The molecule has 186 valence electrons. The zero-order valence-corrected chi connectivity index (χ0v) is 22.1. The summed E-state index contributed by atoms with van der Waals surface area (Å²) in [6, 6.07) is 6.55. The van der Waals surface area contributed by atoms with E-state index in [1.54, 1.807) is 24.3 Å². The molecule has 9 nitrogen and oxygen atoms in total. The third kappa shape index (κ3) is 5.80. The maximum Gasteiger partial charge on any atom is 0.287 e. The van der Waals surface area contributed by atoms with Crippen molar-refractivity contribution in [2.75, 3.05) is 6.79 Å². The van der Waals surface area contributed by atoms with E-state index in [9.17, 15) is 19.8 Å². The van der Waals surface area contributed by atoms with Crippen LogP contribution in [0.5, 0.6) is 23.0 Å². The molecule has 1 aliphatic carbocycles. The molecule has 2 aliphatic rings. The van der Waals surface area contributed by atoms with E-state index in [0.717, 1.165) is 6.42 Å². The van der Waals surface area contributed by atoms with Gasteiger partial charge in [-0.1, -0.05) is 31.2 Å². The van der Waals surface area contributed by atoms with Gasteiger partial charge in [-0.3, -0.25) is 9.59 Å². The molecule has 0 fully saturated rings. The first kappa shape index (κ1) is 25.5. The van der Waals surface area contributed by atoms with Gasteiger partial charge in [-0.25, -0.2) is 5.43 Å². The van der Waals surface area contributed by atoms with Crippen molar-refractivity contribution < 1.29 is 29.3 Å². The number of allylic oxidation sites excluding steroid dienone is 2. The highest BCUT2D eigenvalue weighted by atomic mass is 79.9. The molecule has 4 rings (SSSR count). The lowest BCUT2D eigenvalue weighted by molar-refractivity contribution is -0.121. The van der Waals surface area contributed by atoms with Crippen molar-refractivity contribution in [3.63, 3.8) is 0 Å². The summed E-state index contributed by atoms with van der Waals surface area (Å²) in [5, 5.41) is 26.6. The van der Waals surface area contributed by atoms with Gasteiger partial charge in [0, 0.05) is 11.1 Å². The van der Waals surface area contributed by atoms with Crippen molar-refractivity contribution in [3.8, 4) is 23.0 Å². The summed E-state index contributed by atoms with van der Waals surface area (Å²) in [4.78, 5) is 25.9. The van der Waals surface area contributed by atoms with Crippen LogP contribution >= 0.6 is 31.9 Å². The third-order valence-electron chi connectivity index (χ3n) is 5.30. The highest BCUT2D eigenvalue weighted by Gasteiger charge is 2.19. The predicted molar refractivity (Wildman–Crippen MR) is 141 cm³/mol. The smallest absolute Gasteiger partial charge is 0.287 e. The minimum atomic E-state index is -0.692. The molecule has 0 spiro atoms. The highest BCUT2D eigenvalue weighted by molar-refractivity contribution is 9.11. The first-order valence-corrected chi connectivity index (χ1v) is 12.4. The van der Waals surface area contributed by atoms with E-state index in [1.165, 1.54) is 18.4 Å². The fraction of sp³-hybridized carbons (Fsp3) is 0.160. The van der Waals surface area contributed by atoms with E-state index in [0.29, 0.717) is 27.1 Å². The number of fused-ring (bicyclic) bond motifs is 1. The van der Waals surface area contributed by atoms with Gasteiger partial charge in [0.1, 0.15) is 21.7 Å². The Morgan fingerprint density at radius 3 is 2.69 bits per heavy atom. The molecule has 2 aromatic rings. The minimum Gasteiger partial charge on any atom is -0.506 e. The molecule has 36 heavy (non-hydrogen) atoms. The lowest BCUT2D eigenvalue weighted by atomic mass is 9.97. The van der Waals surface area contributed by atoms with Crippen LogP contribution < -0.4 is 20.2 Å². The quantitative estimate of drug-likeness (QED) is 0.215. The van der Waals surface area contributed by atoms with Crippen LogP contribution in [0.4, 0.5) is 0 Å². The van der Waals surface area contributed by atoms with Crippen LogP contribution in [0.1, 0.15) is 24.5 Å². The number of rotatable bonds is 6. The van der Waals surface area contributed by atoms with Crippen molar-refractivity contribution >= 4 is 56.0 Å². The number of benzene rings is 2. The van der Waals surface area contributed by atoms with Crippen molar-refractivity contribution in [1.82, 2.24) is 10.7 Å². The minimum absolute atomic E-state index is 0.0548. The molecule has 0 bridgehead atoms. The predicted octanol–water partition coefficient (Wildman–Crippen LogP) is 4.48. The van der Waals surface area contributed by atoms with Gasteiger partial charge in [-0.05, 0) is 74.0 Å². The van der Waals surface area contributed by atoms with Gasteiger partial charge in [0.05, 0.1) is 10.7 Å². The highest BCUT2D eigenvalue weighted by Crippen LogP contribution is 2.40. The largest absolute Gasteiger partial charge is 0.506 e. The number of halogens is 2. The second-order valence-electron chi connectivity index (χ2n) is 8.02. The first-order chi connectivity index (χ1) is 17.2.